The summed E-state index contributed by atoms with van der Waals surface area (Å²) in [6.45, 7) is 10.6. The largest absolute Gasteiger partial charge is 0.508 e. The summed E-state index contributed by atoms with van der Waals surface area (Å²) in [7, 11) is 0. The summed E-state index contributed by atoms with van der Waals surface area (Å²) in [4.78, 5) is 11.8. The molecule has 0 aliphatic heterocycles. The van der Waals surface area contributed by atoms with Crippen LogP contribution in [0.4, 0.5) is 0 Å². The van der Waals surface area contributed by atoms with Crippen molar-refractivity contribution in [2.45, 2.75) is 72.1 Å². The van der Waals surface area contributed by atoms with Crippen molar-refractivity contribution in [3.8, 4) is 5.75 Å². The van der Waals surface area contributed by atoms with Gasteiger partial charge in [-0.05, 0) is 60.4 Å². The molecule has 140 valence electrons. The summed E-state index contributed by atoms with van der Waals surface area (Å²) in [5.74, 6) is -0.553. The van der Waals surface area contributed by atoms with Crippen LogP contribution < -0.4 is 0 Å². The zero-order valence-corrected chi connectivity index (χ0v) is 16.1. The van der Waals surface area contributed by atoms with Gasteiger partial charge in [0.25, 0.3) is 0 Å². The summed E-state index contributed by atoms with van der Waals surface area (Å²) >= 11 is 0. The van der Waals surface area contributed by atoms with E-state index >= 15 is 0 Å². The first-order valence-electron chi connectivity index (χ1n) is 9.64. The molecule has 0 bridgehead atoms. The fourth-order valence-corrected chi connectivity index (χ4v) is 3.15. The van der Waals surface area contributed by atoms with Crippen LogP contribution in [-0.2, 0) is 11.2 Å². The van der Waals surface area contributed by atoms with E-state index in [2.05, 4.69) is 27.4 Å². The number of unbranched alkanes of at least 4 members (excludes halogenated alkanes) is 2. The Morgan fingerprint density at radius 3 is 2.40 bits per heavy atom. The second-order valence-electron chi connectivity index (χ2n) is 7.19. The Bertz CT molecular complexity index is 562. The molecule has 0 radical (unpaired) electrons. The van der Waals surface area contributed by atoms with E-state index < -0.39 is 11.9 Å². The van der Waals surface area contributed by atoms with Gasteiger partial charge in [0.1, 0.15) is 5.75 Å². The molecule has 2 N–H and O–H groups in total. The first-order valence-corrected chi connectivity index (χ1v) is 9.64. The monoisotopic (exact) mass is 346 g/mol. The van der Waals surface area contributed by atoms with Crippen molar-refractivity contribution in [2.24, 2.45) is 11.8 Å². The molecule has 2 unspecified atom stereocenters. The Morgan fingerprint density at radius 1 is 1.12 bits per heavy atom. The highest BCUT2D eigenvalue weighted by atomic mass is 16.4. The minimum atomic E-state index is -0.809. The normalized spacial score (nSPS) is 13.4. The third kappa shape index (κ3) is 6.93. The number of aryl methyl sites for hydroxylation is 1. The van der Waals surface area contributed by atoms with Gasteiger partial charge in [-0.1, -0.05) is 59.1 Å². The number of aromatic hydroxyl groups is 1. The van der Waals surface area contributed by atoms with Crippen LogP contribution in [0.5, 0.6) is 5.75 Å². The van der Waals surface area contributed by atoms with Crippen molar-refractivity contribution in [3.63, 3.8) is 0 Å². The number of carboxylic acids is 1. The van der Waals surface area contributed by atoms with Crippen LogP contribution in [0.1, 0.15) is 76.8 Å². The fraction of sp³-hybridized carbons (Fsp3) is 0.591. The predicted octanol–water partition coefficient (Wildman–Crippen LogP) is 6.06. The van der Waals surface area contributed by atoms with Crippen LogP contribution in [0.3, 0.4) is 0 Å². The molecule has 3 nitrogen and oxygen atoms in total. The molecule has 0 fully saturated rings. The summed E-state index contributed by atoms with van der Waals surface area (Å²) in [5.41, 5.74) is 2.35. The van der Waals surface area contributed by atoms with E-state index in [1.54, 1.807) is 12.1 Å². The summed E-state index contributed by atoms with van der Waals surface area (Å²) in [6.07, 6.45) is 7.89. The Kier molecular flexibility index (Phi) is 9.33. The third-order valence-corrected chi connectivity index (χ3v) is 4.97. The zero-order valence-electron chi connectivity index (χ0n) is 16.1. The number of carboxylic acid groups (broad SMARTS) is 1. The molecular formula is C22H34O3. The molecule has 0 aromatic heterocycles. The molecule has 3 heteroatoms. The standard InChI is InChI=1S/C22H34O3/c1-5-7-9-16(3)11-13-20(22(24)25)17(4)18-12-14-21(23)19(15-18)10-8-6-2/h12,14-16,20,23H,4-11,13H2,1-3H3,(H,24,25). The predicted molar refractivity (Wildman–Crippen MR) is 105 cm³/mol. The highest BCUT2D eigenvalue weighted by molar-refractivity contribution is 5.86. The topological polar surface area (TPSA) is 57.5 Å². The molecule has 2 atom stereocenters. The maximum absolute atomic E-state index is 11.8. The van der Waals surface area contributed by atoms with Gasteiger partial charge in [-0.15, -0.1) is 0 Å². The summed E-state index contributed by atoms with van der Waals surface area (Å²) in [6, 6.07) is 5.35. The van der Waals surface area contributed by atoms with E-state index in [4.69, 9.17) is 0 Å². The molecule has 0 saturated heterocycles. The molecule has 25 heavy (non-hydrogen) atoms. The van der Waals surface area contributed by atoms with Crippen molar-refractivity contribution < 1.29 is 15.0 Å². The fourth-order valence-electron chi connectivity index (χ4n) is 3.15. The number of phenols is 1. The molecule has 0 amide bonds. The van der Waals surface area contributed by atoms with Gasteiger partial charge in [0.15, 0.2) is 0 Å². The Morgan fingerprint density at radius 2 is 1.80 bits per heavy atom. The van der Waals surface area contributed by atoms with E-state index in [0.29, 0.717) is 17.9 Å². The minimum absolute atomic E-state index is 0.282. The highest BCUT2D eigenvalue weighted by Crippen LogP contribution is 2.31. The molecule has 0 aliphatic carbocycles. The molecule has 1 aromatic rings. The van der Waals surface area contributed by atoms with Gasteiger partial charge in [0.2, 0.25) is 0 Å². The number of hydrogen-bond acceptors (Lipinski definition) is 2. The molecular weight excluding hydrogens is 312 g/mol. The van der Waals surface area contributed by atoms with E-state index in [1.165, 1.54) is 12.8 Å². The maximum Gasteiger partial charge on any atom is 0.310 e. The van der Waals surface area contributed by atoms with Gasteiger partial charge in [0, 0.05) is 0 Å². The maximum atomic E-state index is 11.8. The third-order valence-electron chi connectivity index (χ3n) is 4.97. The summed E-state index contributed by atoms with van der Waals surface area (Å²) in [5, 5.41) is 19.7. The Labute approximate surface area is 152 Å². The minimum Gasteiger partial charge on any atom is -0.508 e. The molecule has 0 heterocycles. The van der Waals surface area contributed by atoms with Gasteiger partial charge < -0.3 is 10.2 Å². The van der Waals surface area contributed by atoms with Crippen LogP contribution in [0, 0.1) is 11.8 Å². The van der Waals surface area contributed by atoms with Crippen LogP contribution in [0.2, 0.25) is 0 Å². The molecule has 1 rings (SSSR count). The van der Waals surface area contributed by atoms with E-state index in [1.807, 2.05) is 6.07 Å². The second kappa shape index (κ2) is 11.0. The van der Waals surface area contributed by atoms with Crippen molar-refractivity contribution in [2.75, 3.05) is 0 Å². The molecule has 0 spiro atoms. The van der Waals surface area contributed by atoms with Crippen molar-refractivity contribution in [1.29, 1.82) is 0 Å². The number of benzene rings is 1. The number of carbonyl (C=O) groups is 1. The number of hydrogen-bond donors (Lipinski definition) is 2. The van der Waals surface area contributed by atoms with Crippen LogP contribution in [0.25, 0.3) is 5.57 Å². The van der Waals surface area contributed by atoms with Crippen molar-refractivity contribution >= 4 is 11.5 Å². The highest BCUT2D eigenvalue weighted by Gasteiger charge is 2.23. The molecule has 1 aromatic carbocycles. The lowest BCUT2D eigenvalue weighted by Gasteiger charge is -2.19. The summed E-state index contributed by atoms with van der Waals surface area (Å²) < 4.78 is 0. The first kappa shape index (κ1) is 21.3. The lowest BCUT2D eigenvalue weighted by Crippen LogP contribution is -2.16. The van der Waals surface area contributed by atoms with Gasteiger partial charge in [-0.3, -0.25) is 4.79 Å². The van der Waals surface area contributed by atoms with E-state index in [9.17, 15) is 15.0 Å². The average molecular weight is 347 g/mol. The van der Waals surface area contributed by atoms with Crippen molar-refractivity contribution in [3.05, 3.63) is 35.9 Å². The first-order chi connectivity index (χ1) is 11.9. The quantitative estimate of drug-likeness (QED) is 0.484. The lowest BCUT2D eigenvalue weighted by atomic mass is 9.86. The SMILES string of the molecule is C=C(c1ccc(O)c(CCCC)c1)C(CCC(C)CCCC)C(=O)O. The van der Waals surface area contributed by atoms with Gasteiger partial charge in [-0.2, -0.15) is 0 Å². The van der Waals surface area contributed by atoms with E-state index in [-0.39, 0.29) is 5.75 Å². The number of phenolic OH excluding ortho intramolecular Hbond substituents is 1. The van der Waals surface area contributed by atoms with Crippen molar-refractivity contribution in [1.82, 2.24) is 0 Å². The van der Waals surface area contributed by atoms with Crippen LogP contribution in [-0.4, -0.2) is 16.2 Å². The lowest BCUT2D eigenvalue weighted by molar-refractivity contribution is -0.139. The Balaban J connectivity index is 2.83. The van der Waals surface area contributed by atoms with Crippen LogP contribution in [0.15, 0.2) is 24.8 Å². The number of aliphatic carboxylic acids is 1. The molecule has 0 aliphatic rings. The van der Waals surface area contributed by atoms with Gasteiger partial charge >= 0.3 is 5.97 Å². The number of rotatable bonds is 12. The average Bonchev–Trinajstić information content (AvgIpc) is 2.58. The van der Waals surface area contributed by atoms with Gasteiger partial charge in [-0.25, -0.2) is 0 Å². The smallest absolute Gasteiger partial charge is 0.310 e. The van der Waals surface area contributed by atoms with Crippen LogP contribution >= 0.6 is 0 Å². The Hall–Kier alpha value is -1.77. The van der Waals surface area contributed by atoms with Gasteiger partial charge in [0.05, 0.1) is 5.92 Å². The second-order valence-corrected chi connectivity index (χ2v) is 7.19. The molecule has 0 saturated carbocycles. The van der Waals surface area contributed by atoms with E-state index in [0.717, 1.165) is 43.2 Å². The zero-order chi connectivity index (χ0) is 18.8.